The molecule has 1 spiro atoms. The highest BCUT2D eigenvalue weighted by Crippen LogP contribution is 2.37. The summed E-state index contributed by atoms with van der Waals surface area (Å²) in [5.74, 6) is 0.000607. The van der Waals surface area contributed by atoms with Crippen molar-refractivity contribution in [3.63, 3.8) is 0 Å². The van der Waals surface area contributed by atoms with E-state index in [0.29, 0.717) is 24.3 Å². The average molecular weight is 383 g/mol. The molecular weight excluding hydrogens is 358 g/mol. The largest absolute Gasteiger partial charge is 0.325 e. The first-order chi connectivity index (χ1) is 13.3. The lowest BCUT2D eigenvalue weighted by molar-refractivity contribution is -0.132. The number of hydrogen-bond acceptors (Lipinski definition) is 4. The second-order valence-electron chi connectivity index (χ2n) is 8.15. The summed E-state index contributed by atoms with van der Waals surface area (Å²) >= 11 is 0. The quantitative estimate of drug-likeness (QED) is 0.638. The van der Waals surface area contributed by atoms with Gasteiger partial charge in [0.15, 0.2) is 5.78 Å². The van der Waals surface area contributed by atoms with Crippen LogP contribution in [0, 0.1) is 5.92 Å². The Labute approximate surface area is 164 Å². The van der Waals surface area contributed by atoms with Gasteiger partial charge in [-0.25, -0.2) is 4.79 Å². The van der Waals surface area contributed by atoms with Crippen LogP contribution >= 0.6 is 0 Å². The summed E-state index contributed by atoms with van der Waals surface area (Å²) in [6.45, 7) is 1.87. The molecule has 1 saturated heterocycles. The Morgan fingerprint density at radius 2 is 1.93 bits per heavy atom. The van der Waals surface area contributed by atoms with Crippen molar-refractivity contribution in [2.75, 3.05) is 18.5 Å². The van der Waals surface area contributed by atoms with Crippen molar-refractivity contribution in [1.82, 2.24) is 10.2 Å². The fourth-order valence-corrected chi connectivity index (χ4v) is 4.62. The van der Waals surface area contributed by atoms with Crippen molar-refractivity contribution in [1.29, 1.82) is 0 Å². The van der Waals surface area contributed by atoms with Crippen LogP contribution in [-0.2, 0) is 16.0 Å². The molecule has 7 heteroatoms. The predicted octanol–water partition coefficient (Wildman–Crippen LogP) is 2.28. The summed E-state index contributed by atoms with van der Waals surface area (Å²) < 4.78 is 0. The molecule has 0 atom stereocenters. The van der Waals surface area contributed by atoms with E-state index in [1.807, 2.05) is 0 Å². The van der Waals surface area contributed by atoms with Crippen LogP contribution in [0.1, 0.15) is 54.9 Å². The Hall–Kier alpha value is -2.70. The maximum atomic E-state index is 13.0. The molecule has 1 N–H and O–H groups in total. The van der Waals surface area contributed by atoms with E-state index in [2.05, 4.69) is 12.2 Å². The minimum absolute atomic E-state index is 0.0154. The number of benzene rings is 1. The zero-order valence-electron chi connectivity index (χ0n) is 16.3. The lowest BCUT2D eigenvalue weighted by Crippen LogP contribution is -2.49. The Balaban J connectivity index is 1.48. The van der Waals surface area contributed by atoms with E-state index in [0.717, 1.165) is 35.4 Å². The maximum absolute atomic E-state index is 13.0. The van der Waals surface area contributed by atoms with Crippen molar-refractivity contribution in [2.45, 2.75) is 51.0 Å². The molecule has 1 aliphatic carbocycles. The number of urea groups is 1. The van der Waals surface area contributed by atoms with Gasteiger partial charge in [-0.15, -0.1) is 0 Å². The summed E-state index contributed by atoms with van der Waals surface area (Å²) in [7, 11) is 1.70. The smallest absolute Gasteiger partial charge is 0.323 e. The normalized spacial score (nSPS) is 26.8. The first kappa shape index (κ1) is 18.7. The van der Waals surface area contributed by atoms with Gasteiger partial charge in [-0.1, -0.05) is 13.3 Å². The van der Waals surface area contributed by atoms with Crippen LogP contribution in [0.4, 0.5) is 10.5 Å². The Bertz CT molecular complexity index is 870. The van der Waals surface area contributed by atoms with Gasteiger partial charge in [0.25, 0.3) is 5.91 Å². The van der Waals surface area contributed by atoms with E-state index in [1.54, 1.807) is 30.1 Å². The van der Waals surface area contributed by atoms with Gasteiger partial charge in [0.1, 0.15) is 5.54 Å². The molecule has 4 amide bonds. The molecule has 3 aliphatic rings. The van der Waals surface area contributed by atoms with Crippen LogP contribution in [-0.4, -0.2) is 47.7 Å². The SMILES string of the molecule is CCC1CCC2(CC1)NC(=O)N(CC(=O)c1ccc3c(c1)CC(=O)N3C)C2=O. The monoisotopic (exact) mass is 383 g/mol. The second kappa shape index (κ2) is 6.72. The van der Waals surface area contributed by atoms with Gasteiger partial charge < -0.3 is 10.2 Å². The summed E-state index contributed by atoms with van der Waals surface area (Å²) in [5.41, 5.74) is 1.17. The number of nitrogens with zero attached hydrogens (tertiary/aromatic N) is 2. The van der Waals surface area contributed by atoms with E-state index < -0.39 is 11.6 Å². The summed E-state index contributed by atoms with van der Waals surface area (Å²) in [6.07, 6.45) is 4.43. The van der Waals surface area contributed by atoms with Gasteiger partial charge in [0.05, 0.1) is 13.0 Å². The number of hydrogen-bond donors (Lipinski definition) is 1. The molecule has 0 aromatic heterocycles. The Kier molecular flexibility index (Phi) is 4.48. The molecule has 2 aliphatic heterocycles. The molecule has 7 nitrogen and oxygen atoms in total. The van der Waals surface area contributed by atoms with Crippen LogP contribution in [0.15, 0.2) is 18.2 Å². The number of nitrogens with one attached hydrogen (secondary N) is 1. The summed E-state index contributed by atoms with van der Waals surface area (Å²) in [4.78, 5) is 52.6. The molecule has 1 aromatic rings. The Morgan fingerprint density at radius 1 is 1.21 bits per heavy atom. The third kappa shape index (κ3) is 2.89. The third-order valence-electron chi connectivity index (χ3n) is 6.56. The topological polar surface area (TPSA) is 86.8 Å². The molecule has 1 saturated carbocycles. The number of likely N-dealkylation sites (N-methyl/N-ethyl adjacent to an activating group) is 1. The molecule has 4 rings (SSSR count). The van der Waals surface area contributed by atoms with Crippen LogP contribution < -0.4 is 10.2 Å². The van der Waals surface area contributed by atoms with Gasteiger partial charge >= 0.3 is 6.03 Å². The molecule has 1 aromatic carbocycles. The van der Waals surface area contributed by atoms with Crippen molar-refractivity contribution < 1.29 is 19.2 Å². The fraction of sp³-hybridized carbons (Fsp3) is 0.524. The molecule has 2 fully saturated rings. The molecule has 0 bridgehead atoms. The van der Waals surface area contributed by atoms with Crippen molar-refractivity contribution in [2.24, 2.45) is 5.92 Å². The van der Waals surface area contributed by atoms with Gasteiger partial charge in [-0.05, 0) is 55.4 Å². The Morgan fingerprint density at radius 3 is 2.61 bits per heavy atom. The molecule has 2 heterocycles. The number of carbonyl (C=O) groups is 4. The third-order valence-corrected chi connectivity index (χ3v) is 6.56. The summed E-state index contributed by atoms with van der Waals surface area (Å²) in [6, 6.07) is 4.60. The minimum atomic E-state index is -0.837. The molecule has 148 valence electrons. The number of imide groups is 1. The highest BCUT2D eigenvalue weighted by Gasteiger charge is 2.52. The lowest BCUT2D eigenvalue weighted by Gasteiger charge is -2.34. The minimum Gasteiger partial charge on any atom is -0.323 e. The number of carbonyl (C=O) groups excluding carboxylic acids is 4. The van der Waals surface area contributed by atoms with Crippen molar-refractivity contribution >= 4 is 29.3 Å². The number of anilines is 1. The van der Waals surface area contributed by atoms with Gasteiger partial charge in [-0.2, -0.15) is 0 Å². The number of amides is 4. The van der Waals surface area contributed by atoms with Crippen LogP contribution in [0.5, 0.6) is 0 Å². The van der Waals surface area contributed by atoms with E-state index in [9.17, 15) is 19.2 Å². The average Bonchev–Trinajstić information content (AvgIpc) is 3.10. The zero-order valence-corrected chi connectivity index (χ0v) is 16.3. The first-order valence-corrected chi connectivity index (χ1v) is 9.91. The van der Waals surface area contributed by atoms with Crippen LogP contribution in [0.25, 0.3) is 0 Å². The van der Waals surface area contributed by atoms with Gasteiger partial charge in [0.2, 0.25) is 5.91 Å². The number of Topliss-reactive ketones (excluding diaryl/α,β-unsaturated/α-hetero) is 1. The van der Waals surface area contributed by atoms with Crippen molar-refractivity contribution in [3.8, 4) is 0 Å². The van der Waals surface area contributed by atoms with Gasteiger partial charge in [-0.3, -0.25) is 19.3 Å². The predicted molar refractivity (Wildman–Crippen MR) is 103 cm³/mol. The number of ketones is 1. The van der Waals surface area contributed by atoms with Crippen molar-refractivity contribution in [3.05, 3.63) is 29.3 Å². The number of rotatable bonds is 4. The second-order valence-corrected chi connectivity index (χ2v) is 8.15. The number of fused-ring (bicyclic) bond motifs is 1. The standard InChI is InChI=1S/C21H25N3O4/c1-3-13-6-8-21(9-7-13)19(27)24(20(28)22-21)12-17(25)14-4-5-16-15(10-14)11-18(26)23(16)2/h4-5,10,13H,3,6-9,11-12H2,1-2H3,(H,22,28). The van der Waals surface area contributed by atoms with E-state index in [1.165, 1.54) is 0 Å². The lowest BCUT2D eigenvalue weighted by atomic mass is 9.75. The fourth-order valence-electron chi connectivity index (χ4n) is 4.62. The van der Waals surface area contributed by atoms with Gasteiger partial charge in [0, 0.05) is 18.3 Å². The molecule has 0 unspecified atom stereocenters. The molecule has 28 heavy (non-hydrogen) atoms. The summed E-state index contributed by atoms with van der Waals surface area (Å²) in [5, 5.41) is 2.86. The highest BCUT2D eigenvalue weighted by molar-refractivity contribution is 6.11. The molecular formula is C21H25N3O4. The van der Waals surface area contributed by atoms with E-state index in [4.69, 9.17) is 0 Å². The maximum Gasteiger partial charge on any atom is 0.325 e. The van der Waals surface area contributed by atoms with Crippen LogP contribution in [0.3, 0.4) is 0 Å². The zero-order chi connectivity index (χ0) is 20.1. The van der Waals surface area contributed by atoms with E-state index in [-0.39, 0.29) is 30.6 Å². The molecule has 0 radical (unpaired) electrons. The first-order valence-electron chi connectivity index (χ1n) is 9.91. The van der Waals surface area contributed by atoms with Crippen LogP contribution in [0.2, 0.25) is 0 Å². The highest BCUT2D eigenvalue weighted by atomic mass is 16.2. The van der Waals surface area contributed by atoms with E-state index >= 15 is 0 Å².